The summed E-state index contributed by atoms with van der Waals surface area (Å²) < 4.78 is 2.86. The summed E-state index contributed by atoms with van der Waals surface area (Å²) in [6, 6.07) is 7.89. The van der Waals surface area contributed by atoms with Crippen LogP contribution in [0.2, 0.25) is 0 Å². The first kappa shape index (κ1) is 16.4. The van der Waals surface area contributed by atoms with Gasteiger partial charge in [-0.05, 0) is 54.5 Å². The minimum Gasteiger partial charge on any atom is -0.325 e. The van der Waals surface area contributed by atoms with Gasteiger partial charge in [0.1, 0.15) is 0 Å². The molecule has 1 heterocycles. The van der Waals surface area contributed by atoms with Crippen LogP contribution in [-0.4, -0.2) is 31.4 Å². The van der Waals surface area contributed by atoms with Crippen LogP contribution < -0.4 is 5.32 Å². The lowest BCUT2D eigenvalue weighted by atomic mass is 10.3. The molecule has 0 aliphatic heterocycles. The van der Waals surface area contributed by atoms with Crippen molar-refractivity contribution >= 4 is 39.3 Å². The number of halogens is 1. The third-order valence-corrected chi connectivity index (χ3v) is 5.47. The van der Waals surface area contributed by atoms with E-state index in [2.05, 4.69) is 36.8 Å². The molecule has 1 amide bonds. The van der Waals surface area contributed by atoms with Crippen LogP contribution in [0.1, 0.15) is 38.6 Å². The van der Waals surface area contributed by atoms with Crippen molar-refractivity contribution in [1.29, 1.82) is 0 Å². The van der Waals surface area contributed by atoms with Gasteiger partial charge in [-0.1, -0.05) is 40.5 Å². The third kappa shape index (κ3) is 4.11. The molecule has 0 bridgehead atoms. The molecule has 1 aromatic heterocycles. The SMILES string of the molecule is CC(Sc1nnnn1C1CCCC1)C(=O)Nc1ccc(Br)cc1. The minimum absolute atomic E-state index is 0.0571. The summed E-state index contributed by atoms with van der Waals surface area (Å²) in [5.74, 6) is -0.0571. The van der Waals surface area contributed by atoms with Crippen LogP contribution in [-0.2, 0) is 4.79 Å². The maximum atomic E-state index is 12.3. The number of aromatic nitrogens is 4. The molecule has 1 saturated carbocycles. The fourth-order valence-electron chi connectivity index (χ4n) is 2.63. The molecule has 122 valence electrons. The molecule has 23 heavy (non-hydrogen) atoms. The van der Waals surface area contributed by atoms with Crippen LogP contribution in [0.25, 0.3) is 0 Å². The van der Waals surface area contributed by atoms with Gasteiger partial charge in [0.25, 0.3) is 0 Å². The van der Waals surface area contributed by atoms with Crippen molar-refractivity contribution < 1.29 is 4.79 Å². The van der Waals surface area contributed by atoms with Gasteiger partial charge in [-0.2, -0.15) is 0 Å². The topological polar surface area (TPSA) is 72.7 Å². The van der Waals surface area contributed by atoms with Crippen LogP contribution in [0.4, 0.5) is 5.69 Å². The number of anilines is 1. The number of rotatable bonds is 5. The summed E-state index contributed by atoms with van der Waals surface area (Å²) in [4.78, 5) is 12.3. The molecule has 0 spiro atoms. The summed E-state index contributed by atoms with van der Waals surface area (Å²) in [5.41, 5.74) is 0.779. The summed E-state index contributed by atoms with van der Waals surface area (Å²) in [7, 11) is 0. The Morgan fingerprint density at radius 2 is 2.04 bits per heavy atom. The molecule has 1 aliphatic rings. The highest BCUT2D eigenvalue weighted by Crippen LogP contribution is 2.32. The maximum absolute atomic E-state index is 12.3. The monoisotopic (exact) mass is 395 g/mol. The van der Waals surface area contributed by atoms with Crippen LogP contribution in [0.15, 0.2) is 33.9 Å². The van der Waals surface area contributed by atoms with Gasteiger partial charge in [-0.25, -0.2) is 4.68 Å². The smallest absolute Gasteiger partial charge is 0.237 e. The van der Waals surface area contributed by atoms with Crippen LogP contribution in [0, 0.1) is 0 Å². The predicted molar refractivity (Wildman–Crippen MR) is 93.4 cm³/mol. The third-order valence-electron chi connectivity index (χ3n) is 3.90. The van der Waals surface area contributed by atoms with Crippen LogP contribution in [0.3, 0.4) is 0 Å². The van der Waals surface area contributed by atoms with Gasteiger partial charge < -0.3 is 5.32 Å². The van der Waals surface area contributed by atoms with Crippen molar-refractivity contribution in [2.45, 2.75) is 49.1 Å². The van der Waals surface area contributed by atoms with Crippen LogP contribution >= 0.6 is 27.7 Å². The number of nitrogens with zero attached hydrogens (tertiary/aromatic N) is 4. The number of nitrogens with one attached hydrogen (secondary N) is 1. The van der Waals surface area contributed by atoms with Gasteiger partial charge in [-0.15, -0.1) is 5.10 Å². The van der Waals surface area contributed by atoms with E-state index in [1.165, 1.54) is 24.6 Å². The Morgan fingerprint density at radius 1 is 1.35 bits per heavy atom. The number of amides is 1. The molecule has 8 heteroatoms. The molecular weight excluding hydrogens is 378 g/mol. The summed E-state index contributed by atoms with van der Waals surface area (Å²) in [5, 5.41) is 15.3. The quantitative estimate of drug-likeness (QED) is 0.781. The number of hydrogen-bond acceptors (Lipinski definition) is 5. The molecule has 6 nitrogen and oxygen atoms in total. The van der Waals surface area contributed by atoms with Gasteiger partial charge in [0.05, 0.1) is 11.3 Å². The Hall–Kier alpha value is -1.41. The van der Waals surface area contributed by atoms with E-state index in [1.54, 1.807) is 0 Å². The second-order valence-corrected chi connectivity index (χ2v) is 7.82. The van der Waals surface area contributed by atoms with Gasteiger partial charge in [0.2, 0.25) is 11.1 Å². The highest BCUT2D eigenvalue weighted by molar-refractivity contribution is 9.10. The Balaban J connectivity index is 1.62. The van der Waals surface area contributed by atoms with Crippen molar-refractivity contribution in [2.24, 2.45) is 0 Å². The highest BCUT2D eigenvalue weighted by atomic mass is 79.9. The summed E-state index contributed by atoms with van der Waals surface area (Å²) >= 11 is 4.78. The highest BCUT2D eigenvalue weighted by Gasteiger charge is 2.24. The van der Waals surface area contributed by atoms with Crippen LogP contribution in [0.5, 0.6) is 0 Å². The van der Waals surface area contributed by atoms with E-state index >= 15 is 0 Å². The Labute approximate surface area is 147 Å². The average Bonchev–Trinajstić information content (AvgIpc) is 3.20. The van der Waals surface area contributed by atoms with E-state index in [0.717, 1.165) is 28.2 Å². The molecular formula is C15H18BrN5OS. The Kier molecular flexibility index (Phi) is 5.32. The van der Waals surface area contributed by atoms with E-state index in [9.17, 15) is 4.79 Å². The lowest BCUT2D eigenvalue weighted by Crippen LogP contribution is -2.23. The van der Waals surface area contributed by atoms with E-state index in [1.807, 2.05) is 35.9 Å². The van der Waals surface area contributed by atoms with E-state index in [0.29, 0.717) is 6.04 Å². The van der Waals surface area contributed by atoms with Crippen molar-refractivity contribution in [1.82, 2.24) is 20.2 Å². The normalized spacial score (nSPS) is 16.4. The number of benzene rings is 1. The van der Waals surface area contributed by atoms with E-state index < -0.39 is 0 Å². The number of hydrogen-bond donors (Lipinski definition) is 1. The lowest BCUT2D eigenvalue weighted by molar-refractivity contribution is -0.115. The zero-order valence-corrected chi connectivity index (χ0v) is 15.2. The van der Waals surface area contributed by atoms with Gasteiger partial charge in [0.15, 0.2) is 0 Å². The fourth-order valence-corrected chi connectivity index (χ4v) is 3.75. The number of carbonyl (C=O) groups excluding carboxylic acids is 1. The second-order valence-electron chi connectivity index (χ2n) is 5.60. The molecule has 1 aromatic carbocycles. The predicted octanol–water partition coefficient (Wildman–Crippen LogP) is 3.67. The first-order valence-electron chi connectivity index (χ1n) is 7.64. The van der Waals surface area contributed by atoms with Crippen molar-refractivity contribution in [2.75, 3.05) is 5.32 Å². The molecule has 3 rings (SSSR count). The number of thioether (sulfide) groups is 1. The van der Waals surface area contributed by atoms with E-state index in [-0.39, 0.29) is 11.2 Å². The zero-order chi connectivity index (χ0) is 16.2. The molecule has 0 radical (unpaired) electrons. The number of tetrazole rings is 1. The lowest BCUT2D eigenvalue weighted by Gasteiger charge is -2.14. The Bertz CT molecular complexity index is 669. The largest absolute Gasteiger partial charge is 0.325 e. The minimum atomic E-state index is -0.273. The van der Waals surface area contributed by atoms with Gasteiger partial charge >= 0.3 is 0 Å². The van der Waals surface area contributed by atoms with Crippen molar-refractivity contribution in [3.63, 3.8) is 0 Å². The van der Waals surface area contributed by atoms with Crippen molar-refractivity contribution in [3.8, 4) is 0 Å². The average molecular weight is 396 g/mol. The zero-order valence-electron chi connectivity index (χ0n) is 12.8. The van der Waals surface area contributed by atoms with Gasteiger partial charge in [-0.3, -0.25) is 4.79 Å². The van der Waals surface area contributed by atoms with Crippen molar-refractivity contribution in [3.05, 3.63) is 28.7 Å². The molecule has 0 saturated heterocycles. The second kappa shape index (κ2) is 7.44. The standard InChI is InChI=1S/C15H18BrN5OS/c1-10(14(22)17-12-8-6-11(16)7-9-12)23-15-18-19-20-21(15)13-4-2-3-5-13/h6-10,13H,2-5H2,1H3,(H,17,22). The number of carbonyl (C=O) groups is 1. The van der Waals surface area contributed by atoms with Gasteiger partial charge in [0, 0.05) is 10.2 Å². The molecule has 1 atom stereocenters. The maximum Gasteiger partial charge on any atom is 0.237 e. The first-order valence-corrected chi connectivity index (χ1v) is 9.31. The molecule has 1 aliphatic carbocycles. The molecule has 1 unspecified atom stereocenters. The first-order chi connectivity index (χ1) is 11.1. The molecule has 1 fully saturated rings. The van der Waals surface area contributed by atoms with E-state index in [4.69, 9.17) is 0 Å². The molecule has 1 N–H and O–H groups in total. The fraction of sp³-hybridized carbons (Fsp3) is 0.467. The molecule has 2 aromatic rings. The summed E-state index contributed by atoms with van der Waals surface area (Å²) in [6.07, 6.45) is 4.65. The Morgan fingerprint density at radius 3 is 2.74 bits per heavy atom. The summed E-state index contributed by atoms with van der Waals surface area (Å²) in [6.45, 7) is 1.87.